The van der Waals surface area contributed by atoms with Crippen LogP contribution in [-0.2, 0) is 5.54 Å². The molecule has 0 aliphatic heterocycles. The average molecular weight is 218 g/mol. The quantitative estimate of drug-likeness (QED) is 0.802. The molecule has 88 valence electrons. The molecule has 2 rings (SSSR count). The van der Waals surface area contributed by atoms with Gasteiger partial charge in [0.2, 0.25) is 0 Å². The maximum absolute atomic E-state index is 6.48. The molecule has 0 amide bonds. The monoisotopic (exact) mass is 218 g/mol. The van der Waals surface area contributed by atoms with Gasteiger partial charge >= 0.3 is 0 Å². The Morgan fingerprint density at radius 3 is 2.12 bits per heavy atom. The highest BCUT2D eigenvalue weighted by atomic mass is 14.7. The highest BCUT2D eigenvalue weighted by Gasteiger charge is 2.29. The summed E-state index contributed by atoms with van der Waals surface area (Å²) in [5, 5.41) is 0. The summed E-state index contributed by atoms with van der Waals surface area (Å²) in [6.45, 7) is 2.01. The van der Waals surface area contributed by atoms with Crippen LogP contribution in [0.4, 0.5) is 0 Å². The zero-order chi connectivity index (χ0) is 11.6. The summed E-state index contributed by atoms with van der Waals surface area (Å²) >= 11 is 0. The zero-order valence-corrected chi connectivity index (χ0v) is 10.1. The van der Waals surface area contributed by atoms with Crippen molar-refractivity contribution in [3.63, 3.8) is 0 Å². The summed E-state index contributed by atoms with van der Waals surface area (Å²) in [7, 11) is 0. The molecule has 2 heteroatoms. The fourth-order valence-corrected chi connectivity index (χ4v) is 2.59. The molecule has 1 aromatic carbocycles. The normalized spacial score (nSPS) is 21.7. The molecule has 1 aromatic rings. The Morgan fingerprint density at radius 1 is 1.06 bits per heavy atom. The fraction of sp³-hybridized carbons (Fsp3) is 0.571. The summed E-state index contributed by atoms with van der Waals surface area (Å²) in [5.74, 6) is 0. The smallest absolute Gasteiger partial charge is 0.0409 e. The van der Waals surface area contributed by atoms with Crippen LogP contribution in [0.25, 0.3) is 0 Å². The van der Waals surface area contributed by atoms with E-state index in [2.05, 4.69) is 24.3 Å². The minimum atomic E-state index is -0.0887. The maximum Gasteiger partial charge on any atom is 0.0409 e. The molecular weight excluding hydrogens is 196 g/mol. The van der Waals surface area contributed by atoms with Gasteiger partial charge in [-0.3, -0.25) is 0 Å². The van der Waals surface area contributed by atoms with Crippen LogP contribution < -0.4 is 11.5 Å². The lowest BCUT2D eigenvalue weighted by Gasteiger charge is -2.34. The number of hydrogen-bond acceptors (Lipinski definition) is 2. The van der Waals surface area contributed by atoms with E-state index in [0.29, 0.717) is 0 Å². The van der Waals surface area contributed by atoms with Gasteiger partial charge < -0.3 is 11.5 Å². The van der Waals surface area contributed by atoms with Crippen molar-refractivity contribution in [2.24, 2.45) is 11.5 Å². The first-order chi connectivity index (χ1) is 7.62. The lowest BCUT2D eigenvalue weighted by atomic mass is 9.77. The SMILES string of the molecule is CC(N)c1ccc(C2(N)CCCCC2)cc1. The van der Waals surface area contributed by atoms with Crippen molar-refractivity contribution in [2.75, 3.05) is 0 Å². The first-order valence-corrected chi connectivity index (χ1v) is 6.27. The fourth-order valence-electron chi connectivity index (χ4n) is 2.59. The molecule has 1 aliphatic carbocycles. The van der Waals surface area contributed by atoms with Crippen molar-refractivity contribution in [3.05, 3.63) is 35.4 Å². The van der Waals surface area contributed by atoms with Crippen LogP contribution in [0.5, 0.6) is 0 Å². The largest absolute Gasteiger partial charge is 0.324 e. The Kier molecular flexibility index (Phi) is 3.31. The molecule has 16 heavy (non-hydrogen) atoms. The van der Waals surface area contributed by atoms with Gasteiger partial charge in [-0.05, 0) is 30.9 Å². The second-order valence-corrected chi connectivity index (χ2v) is 5.13. The molecule has 0 heterocycles. The van der Waals surface area contributed by atoms with E-state index in [1.54, 1.807) is 0 Å². The first kappa shape index (κ1) is 11.6. The number of hydrogen-bond donors (Lipinski definition) is 2. The molecule has 1 atom stereocenters. The summed E-state index contributed by atoms with van der Waals surface area (Å²) in [4.78, 5) is 0. The van der Waals surface area contributed by atoms with Gasteiger partial charge in [-0.15, -0.1) is 0 Å². The summed E-state index contributed by atoms with van der Waals surface area (Å²) in [6, 6.07) is 8.65. The van der Waals surface area contributed by atoms with Gasteiger partial charge in [0.1, 0.15) is 0 Å². The molecule has 1 aliphatic rings. The van der Waals surface area contributed by atoms with Crippen LogP contribution in [0.1, 0.15) is 56.2 Å². The Hall–Kier alpha value is -0.860. The van der Waals surface area contributed by atoms with Crippen LogP contribution in [-0.4, -0.2) is 0 Å². The van der Waals surface area contributed by atoms with Gasteiger partial charge in [-0.25, -0.2) is 0 Å². The van der Waals surface area contributed by atoms with E-state index in [-0.39, 0.29) is 11.6 Å². The van der Waals surface area contributed by atoms with Gasteiger partial charge in [-0.1, -0.05) is 43.5 Å². The van der Waals surface area contributed by atoms with Crippen LogP contribution in [0, 0.1) is 0 Å². The third-order valence-electron chi connectivity index (χ3n) is 3.76. The van der Waals surface area contributed by atoms with Crippen molar-refractivity contribution in [2.45, 2.75) is 50.6 Å². The lowest BCUT2D eigenvalue weighted by molar-refractivity contribution is 0.302. The zero-order valence-electron chi connectivity index (χ0n) is 10.1. The number of rotatable bonds is 2. The van der Waals surface area contributed by atoms with E-state index >= 15 is 0 Å². The third-order valence-corrected chi connectivity index (χ3v) is 3.76. The average Bonchev–Trinajstić information content (AvgIpc) is 2.30. The van der Waals surface area contributed by atoms with Crippen molar-refractivity contribution < 1.29 is 0 Å². The molecule has 1 fully saturated rings. The van der Waals surface area contributed by atoms with E-state index in [1.165, 1.54) is 30.4 Å². The van der Waals surface area contributed by atoms with Gasteiger partial charge in [0.15, 0.2) is 0 Å². The summed E-state index contributed by atoms with van der Waals surface area (Å²) in [5.41, 5.74) is 14.7. The Morgan fingerprint density at radius 2 is 1.62 bits per heavy atom. The van der Waals surface area contributed by atoms with Crippen molar-refractivity contribution >= 4 is 0 Å². The van der Waals surface area contributed by atoms with E-state index in [9.17, 15) is 0 Å². The Bertz CT molecular complexity index is 334. The van der Waals surface area contributed by atoms with Crippen molar-refractivity contribution in [1.82, 2.24) is 0 Å². The van der Waals surface area contributed by atoms with Crippen LogP contribution in [0.15, 0.2) is 24.3 Å². The van der Waals surface area contributed by atoms with Gasteiger partial charge in [0.05, 0.1) is 0 Å². The molecule has 0 saturated heterocycles. The number of benzene rings is 1. The van der Waals surface area contributed by atoms with E-state index in [1.807, 2.05) is 6.92 Å². The summed E-state index contributed by atoms with van der Waals surface area (Å²) < 4.78 is 0. The highest BCUT2D eigenvalue weighted by Crippen LogP contribution is 2.34. The standard InChI is InChI=1S/C14H22N2/c1-11(15)12-5-7-13(8-6-12)14(16)9-3-2-4-10-14/h5-8,11H,2-4,9-10,15-16H2,1H3. The lowest BCUT2D eigenvalue weighted by Crippen LogP contribution is -2.38. The first-order valence-electron chi connectivity index (χ1n) is 6.27. The predicted octanol–water partition coefficient (Wildman–Crippen LogP) is 2.82. The molecule has 2 nitrogen and oxygen atoms in total. The van der Waals surface area contributed by atoms with Crippen LogP contribution in [0.2, 0.25) is 0 Å². The summed E-state index contributed by atoms with van der Waals surface area (Å²) in [6.07, 6.45) is 6.07. The molecule has 0 spiro atoms. The van der Waals surface area contributed by atoms with Crippen LogP contribution >= 0.6 is 0 Å². The second-order valence-electron chi connectivity index (χ2n) is 5.13. The maximum atomic E-state index is 6.48. The highest BCUT2D eigenvalue weighted by molar-refractivity contribution is 5.30. The molecule has 0 aromatic heterocycles. The Balaban J connectivity index is 2.20. The Labute approximate surface area is 98.0 Å². The predicted molar refractivity (Wildman–Crippen MR) is 68.0 cm³/mol. The van der Waals surface area contributed by atoms with Crippen molar-refractivity contribution in [3.8, 4) is 0 Å². The number of nitrogens with two attached hydrogens (primary N) is 2. The molecule has 1 unspecified atom stereocenters. The van der Waals surface area contributed by atoms with E-state index in [4.69, 9.17) is 11.5 Å². The minimum Gasteiger partial charge on any atom is -0.324 e. The minimum absolute atomic E-state index is 0.0887. The van der Waals surface area contributed by atoms with Crippen molar-refractivity contribution in [1.29, 1.82) is 0 Å². The van der Waals surface area contributed by atoms with E-state index < -0.39 is 0 Å². The van der Waals surface area contributed by atoms with Crippen LogP contribution in [0.3, 0.4) is 0 Å². The van der Waals surface area contributed by atoms with E-state index in [0.717, 1.165) is 12.8 Å². The van der Waals surface area contributed by atoms with Gasteiger partial charge in [0, 0.05) is 11.6 Å². The molecule has 1 saturated carbocycles. The second kappa shape index (κ2) is 4.56. The van der Waals surface area contributed by atoms with Gasteiger partial charge in [-0.2, -0.15) is 0 Å². The topological polar surface area (TPSA) is 52.0 Å². The molecule has 0 bridgehead atoms. The van der Waals surface area contributed by atoms with Gasteiger partial charge in [0.25, 0.3) is 0 Å². The molecule has 0 radical (unpaired) electrons. The third kappa shape index (κ3) is 2.28. The molecule has 4 N–H and O–H groups in total. The molecular formula is C14H22N2.